The molecule has 1 fully saturated rings. The summed E-state index contributed by atoms with van der Waals surface area (Å²) in [5.74, 6) is -1.05. The molecule has 0 bridgehead atoms. The SMILES string of the molecule is COc1ccc(C(=O)N[C@H](C(=O)NC(C)C)C2CCN(C(=O)c3ccccc3F)CC2)cc1. The number of nitrogens with one attached hydrogen (secondary N) is 2. The molecule has 0 aromatic heterocycles. The van der Waals surface area contributed by atoms with Gasteiger partial charge in [0.15, 0.2) is 0 Å². The van der Waals surface area contributed by atoms with Crippen molar-refractivity contribution in [3.05, 3.63) is 65.5 Å². The van der Waals surface area contributed by atoms with Crippen LogP contribution in [0.3, 0.4) is 0 Å². The maximum absolute atomic E-state index is 14.0. The highest BCUT2D eigenvalue weighted by Crippen LogP contribution is 2.24. The molecule has 176 valence electrons. The highest BCUT2D eigenvalue weighted by molar-refractivity contribution is 5.98. The van der Waals surface area contributed by atoms with Crippen molar-refractivity contribution in [1.82, 2.24) is 15.5 Å². The van der Waals surface area contributed by atoms with Gasteiger partial charge in [0.25, 0.3) is 11.8 Å². The van der Waals surface area contributed by atoms with Crippen LogP contribution in [0.15, 0.2) is 48.5 Å². The Hall–Kier alpha value is -3.42. The van der Waals surface area contributed by atoms with Crippen molar-refractivity contribution >= 4 is 17.7 Å². The molecule has 1 saturated heterocycles. The normalized spacial score (nSPS) is 15.1. The van der Waals surface area contributed by atoms with Gasteiger partial charge in [-0.1, -0.05) is 12.1 Å². The van der Waals surface area contributed by atoms with Crippen LogP contribution < -0.4 is 15.4 Å². The molecule has 8 heteroatoms. The minimum Gasteiger partial charge on any atom is -0.497 e. The molecule has 0 saturated carbocycles. The van der Waals surface area contributed by atoms with Crippen molar-refractivity contribution in [2.45, 2.75) is 38.8 Å². The molecule has 0 aliphatic carbocycles. The summed E-state index contributed by atoms with van der Waals surface area (Å²) >= 11 is 0. The molecule has 1 heterocycles. The number of amides is 3. The van der Waals surface area contributed by atoms with Gasteiger partial charge >= 0.3 is 0 Å². The summed E-state index contributed by atoms with van der Waals surface area (Å²) in [6.07, 6.45) is 1.03. The lowest BCUT2D eigenvalue weighted by Gasteiger charge is -2.36. The van der Waals surface area contributed by atoms with Crippen molar-refractivity contribution < 1.29 is 23.5 Å². The van der Waals surface area contributed by atoms with Gasteiger partial charge in [0.05, 0.1) is 12.7 Å². The van der Waals surface area contributed by atoms with Gasteiger partial charge in [0.2, 0.25) is 5.91 Å². The number of carbonyl (C=O) groups excluding carboxylic acids is 3. The van der Waals surface area contributed by atoms with E-state index in [9.17, 15) is 18.8 Å². The lowest BCUT2D eigenvalue weighted by Crippen LogP contribution is -2.54. The highest BCUT2D eigenvalue weighted by Gasteiger charge is 2.34. The molecule has 0 spiro atoms. The average Bonchev–Trinajstić information content (AvgIpc) is 2.82. The molecule has 33 heavy (non-hydrogen) atoms. The molecular formula is C25H30FN3O4. The molecule has 3 amide bonds. The molecular weight excluding hydrogens is 425 g/mol. The number of carbonyl (C=O) groups is 3. The predicted molar refractivity (Wildman–Crippen MR) is 123 cm³/mol. The molecule has 0 unspecified atom stereocenters. The van der Waals surface area contributed by atoms with Crippen LogP contribution in [0.1, 0.15) is 47.4 Å². The second-order valence-electron chi connectivity index (χ2n) is 8.45. The topological polar surface area (TPSA) is 87.7 Å². The van der Waals surface area contributed by atoms with Crippen molar-refractivity contribution in [3.63, 3.8) is 0 Å². The van der Waals surface area contributed by atoms with Gasteiger partial charge in [-0.2, -0.15) is 0 Å². The fraction of sp³-hybridized carbons (Fsp3) is 0.400. The van der Waals surface area contributed by atoms with E-state index in [4.69, 9.17) is 4.74 Å². The number of ether oxygens (including phenoxy) is 1. The summed E-state index contributed by atoms with van der Waals surface area (Å²) in [6, 6.07) is 11.7. The van der Waals surface area contributed by atoms with E-state index in [1.807, 2.05) is 13.8 Å². The number of halogens is 1. The molecule has 1 atom stereocenters. The van der Waals surface area contributed by atoms with Crippen molar-refractivity contribution in [1.29, 1.82) is 0 Å². The Balaban J connectivity index is 1.69. The maximum Gasteiger partial charge on any atom is 0.256 e. The third-order valence-electron chi connectivity index (χ3n) is 5.75. The van der Waals surface area contributed by atoms with Gasteiger partial charge in [0, 0.05) is 24.7 Å². The van der Waals surface area contributed by atoms with Crippen LogP contribution in [0.5, 0.6) is 5.75 Å². The monoisotopic (exact) mass is 455 g/mol. The number of hydrogen-bond donors (Lipinski definition) is 2. The van der Waals surface area contributed by atoms with Crippen LogP contribution in [0.2, 0.25) is 0 Å². The van der Waals surface area contributed by atoms with Crippen LogP contribution in [0.4, 0.5) is 4.39 Å². The summed E-state index contributed by atoms with van der Waals surface area (Å²) in [7, 11) is 1.55. The Kier molecular flexibility index (Phi) is 8.03. The average molecular weight is 456 g/mol. The third-order valence-corrected chi connectivity index (χ3v) is 5.75. The zero-order valence-electron chi connectivity index (χ0n) is 19.1. The Labute approximate surface area is 193 Å². The quantitative estimate of drug-likeness (QED) is 0.672. The Morgan fingerprint density at radius 1 is 1.00 bits per heavy atom. The third kappa shape index (κ3) is 6.09. The van der Waals surface area contributed by atoms with Crippen LogP contribution >= 0.6 is 0 Å². The Morgan fingerprint density at radius 3 is 2.21 bits per heavy atom. The van der Waals surface area contributed by atoms with E-state index in [-0.39, 0.29) is 35.2 Å². The zero-order chi connectivity index (χ0) is 24.0. The van der Waals surface area contributed by atoms with Gasteiger partial charge in [-0.05, 0) is 69.0 Å². The number of benzene rings is 2. The summed E-state index contributed by atoms with van der Waals surface area (Å²) in [5, 5.41) is 5.75. The predicted octanol–water partition coefficient (Wildman–Crippen LogP) is 3.01. The van der Waals surface area contributed by atoms with Crippen molar-refractivity contribution in [2.24, 2.45) is 5.92 Å². The van der Waals surface area contributed by atoms with E-state index in [0.29, 0.717) is 37.2 Å². The van der Waals surface area contributed by atoms with Crippen LogP contribution in [0.25, 0.3) is 0 Å². The first kappa shape index (κ1) is 24.2. The number of piperidine rings is 1. The van der Waals surface area contributed by atoms with E-state index < -0.39 is 11.9 Å². The van der Waals surface area contributed by atoms with Gasteiger partial charge in [-0.3, -0.25) is 14.4 Å². The Bertz CT molecular complexity index is 985. The smallest absolute Gasteiger partial charge is 0.256 e. The molecule has 2 N–H and O–H groups in total. The first-order valence-electron chi connectivity index (χ1n) is 11.1. The van der Waals surface area contributed by atoms with E-state index in [2.05, 4.69) is 10.6 Å². The van der Waals surface area contributed by atoms with E-state index >= 15 is 0 Å². The van der Waals surface area contributed by atoms with Gasteiger partial charge in [0.1, 0.15) is 17.6 Å². The van der Waals surface area contributed by atoms with Gasteiger partial charge in [-0.15, -0.1) is 0 Å². The second-order valence-corrected chi connectivity index (χ2v) is 8.45. The number of nitrogens with zero attached hydrogens (tertiary/aromatic N) is 1. The fourth-order valence-electron chi connectivity index (χ4n) is 3.98. The Morgan fingerprint density at radius 2 is 1.64 bits per heavy atom. The molecule has 3 rings (SSSR count). The first-order valence-corrected chi connectivity index (χ1v) is 11.1. The summed E-state index contributed by atoms with van der Waals surface area (Å²) < 4.78 is 19.1. The second kappa shape index (κ2) is 10.9. The standard InChI is InChI=1S/C25H30FN3O4/c1-16(2)27-24(31)22(28-23(30)18-8-10-19(33-3)11-9-18)17-12-14-29(15-13-17)25(32)20-6-4-5-7-21(20)26/h4-11,16-17,22H,12-15H2,1-3H3,(H,27,31)(H,28,30)/t22-/m0/s1. The summed E-state index contributed by atoms with van der Waals surface area (Å²) in [6.45, 7) is 4.47. The molecule has 2 aromatic carbocycles. The van der Waals surface area contributed by atoms with Crippen molar-refractivity contribution in [3.8, 4) is 5.75 Å². The van der Waals surface area contributed by atoms with Gasteiger partial charge < -0.3 is 20.3 Å². The number of hydrogen-bond acceptors (Lipinski definition) is 4. The largest absolute Gasteiger partial charge is 0.497 e. The molecule has 1 aliphatic heterocycles. The number of rotatable bonds is 7. The zero-order valence-corrected chi connectivity index (χ0v) is 19.1. The summed E-state index contributed by atoms with van der Waals surface area (Å²) in [5.41, 5.74) is 0.461. The highest BCUT2D eigenvalue weighted by atomic mass is 19.1. The van der Waals surface area contributed by atoms with Crippen LogP contribution in [0, 0.1) is 11.7 Å². The summed E-state index contributed by atoms with van der Waals surface area (Å²) in [4.78, 5) is 40.1. The molecule has 2 aromatic rings. The van der Waals surface area contributed by atoms with Crippen LogP contribution in [-0.4, -0.2) is 54.9 Å². The minimum absolute atomic E-state index is 0.0397. The van der Waals surface area contributed by atoms with E-state index in [1.165, 1.54) is 12.1 Å². The van der Waals surface area contributed by atoms with E-state index in [1.54, 1.807) is 48.4 Å². The fourth-order valence-corrected chi connectivity index (χ4v) is 3.98. The minimum atomic E-state index is -0.743. The van der Waals surface area contributed by atoms with Gasteiger partial charge in [-0.25, -0.2) is 4.39 Å². The molecule has 1 aliphatic rings. The number of methoxy groups -OCH3 is 1. The lowest BCUT2D eigenvalue weighted by molar-refractivity contribution is -0.125. The lowest BCUT2D eigenvalue weighted by atomic mass is 9.88. The first-order chi connectivity index (χ1) is 15.8. The van der Waals surface area contributed by atoms with Crippen LogP contribution in [-0.2, 0) is 4.79 Å². The maximum atomic E-state index is 14.0. The molecule has 0 radical (unpaired) electrons. The van der Waals surface area contributed by atoms with Crippen molar-refractivity contribution in [2.75, 3.05) is 20.2 Å². The molecule has 7 nitrogen and oxygen atoms in total. The number of likely N-dealkylation sites (tertiary alicyclic amines) is 1. The van der Waals surface area contributed by atoms with E-state index in [0.717, 1.165) is 0 Å².